The van der Waals surface area contributed by atoms with Crippen LogP contribution in [-0.2, 0) is 4.74 Å². The van der Waals surface area contributed by atoms with Gasteiger partial charge in [0.1, 0.15) is 12.0 Å². The van der Waals surface area contributed by atoms with Crippen molar-refractivity contribution in [2.45, 2.75) is 37.6 Å². The van der Waals surface area contributed by atoms with Crippen molar-refractivity contribution < 1.29 is 14.3 Å². The van der Waals surface area contributed by atoms with Crippen LogP contribution in [0.25, 0.3) is 0 Å². The Kier molecular flexibility index (Phi) is 5.41. The van der Waals surface area contributed by atoms with Gasteiger partial charge in [-0.1, -0.05) is 36.8 Å². The molecule has 0 saturated carbocycles. The molecule has 0 aromatic heterocycles. The van der Waals surface area contributed by atoms with E-state index in [1.54, 1.807) is 31.4 Å². The predicted octanol–water partition coefficient (Wildman–Crippen LogP) is 3.38. The topological polar surface area (TPSA) is 50.8 Å². The Balaban J connectivity index is 1.48. The van der Waals surface area contributed by atoms with Crippen LogP contribution in [0.3, 0.4) is 0 Å². The number of ether oxygens (including phenoxy) is 2. The molecule has 1 N–H and O–H groups in total. The fraction of sp³-hybridized carbons (Fsp3) is 0.409. The minimum absolute atomic E-state index is 0.105. The number of piperidine rings is 1. The Morgan fingerprint density at radius 1 is 1.11 bits per heavy atom. The monoisotopic (exact) mass is 366 g/mol. The van der Waals surface area contributed by atoms with Crippen molar-refractivity contribution in [3.8, 4) is 5.75 Å². The van der Waals surface area contributed by atoms with Crippen LogP contribution in [-0.4, -0.2) is 43.3 Å². The van der Waals surface area contributed by atoms with E-state index in [1.165, 1.54) is 18.4 Å². The van der Waals surface area contributed by atoms with E-state index in [1.807, 2.05) is 6.07 Å². The number of hydrogen-bond donors (Lipinski definition) is 1. The summed E-state index contributed by atoms with van der Waals surface area (Å²) >= 11 is 0. The second-order valence-electron chi connectivity index (χ2n) is 7.18. The zero-order chi connectivity index (χ0) is 18.6. The molecule has 1 amide bonds. The molecule has 3 unspecified atom stereocenters. The number of methoxy groups -OCH3 is 1. The van der Waals surface area contributed by atoms with Crippen LogP contribution in [0, 0.1) is 0 Å². The number of amides is 1. The highest BCUT2D eigenvalue weighted by Gasteiger charge is 2.40. The van der Waals surface area contributed by atoms with Crippen molar-refractivity contribution in [3.63, 3.8) is 0 Å². The van der Waals surface area contributed by atoms with E-state index in [0.717, 1.165) is 18.7 Å². The minimum Gasteiger partial charge on any atom is -0.497 e. The highest BCUT2D eigenvalue weighted by Crippen LogP contribution is 2.34. The largest absolute Gasteiger partial charge is 0.497 e. The molecule has 0 bridgehead atoms. The maximum atomic E-state index is 12.7. The summed E-state index contributed by atoms with van der Waals surface area (Å²) in [5.74, 6) is 0.635. The second-order valence-corrected chi connectivity index (χ2v) is 7.18. The van der Waals surface area contributed by atoms with Crippen LogP contribution in [0.2, 0.25) is 0 Å². The molecular weight excluding hydrogens is 340 g/mol. The molecule has 2 fully saturated rings. The number of nitrogens with zero attached hydrogens (tertiary/aromatic N) is 1. The summed E-state index contributed by atoms with van der Waals surface area (Å²) < 4.78 is 11.3. The SMILES string of the molecule is COc1ccc(C(=O)NC2OCC(c3ccccc3)N3CCCCC23)cc1. The predicted molar refractivity (Wildman–Crippen MR) is 104 cm³/mol. The van der Waals surface area contributed by atoms with Crippen molar-refractivity contribution in [2.24, 2.45) is 0 Å². The van der Waals surface area contributed by atoms with E-state index in [2.05, 4.69) is 34.5 Å². The first-order chi connectivity index (χ1) is 13.3. The van der Waals surface area contributed by atoms with E-state index in [9.17, 15) is 4.79 Å². The lowest BCUT2D eigenvalue weighted by Gasteiger charge is -2.48. The fourth-order valence-corrected chi connectivity index (χ4v) is 4.15. The molecule has 2 aliphatic rings. The third-order valence-corrected chi connectivity index (χ3v) is 5.59. The number of nitrogens with one attached hydrogen (secondary N) is 1. The number of carbonyl (C=O) groups is 1. The Bertz CT molecular complexity index is 763. The van der Waals surface area contributed by atoms with Gasteiger partial charge in [-0.15, -0.1) is 0 Å². The summed E-state index contributed by atoms with van der Waals surface area (Å²) in [6, 6.07) is 18.1. The van der Waals surface area contributed by atoms with E-state index in [4.69, 9.17) is 9.47 Å². The quantitative estimate of drug-likeness (QED) is 0.901. The Hall–Kier alpha value is -2.37. The van der Waals surface area contributed by atoms with Gasteiger partial charge in [0.15, 0.2) is 0 Å². The number of fused-ring (bicyclic) bond motifs is 1. The van der Waals surface area contributed by atoms with Gasteiger partial charge in [-0.25, -0.2) is 0 Å². The third-order valence-electron chi connectivity index (χ3n) is 5.59. The molecular formula is C22H26N2O3. The lowest BCUT2D eigenvalue weighted by Crippen LogP contribution is -2.60. The summed E-state index contributed by atoms with van der Waals surface area (Å²) in [4.78, 5) is 15.2. The lowest BCUT2D eigenvalue weighted by atomic mass is 9.93. The van der Waals surface area contributed by atoms with Gasteiger partial charge in [0, 0.05) is 5.56 Å². The van der Waals surface area contributed by atoms with Crippen LogP contribution in [0.15, 0.2) is 54.6 Å². The molecule has 0 radical (unpaired) electrons. The Labute approximate surface area is 160 Å². The summed E-state index contributed by atoms with van der Waals surface area (Å²) in [6.07, 6.45) is 3.12. The number of hydrogen-bond acceptors (Lipinski definition) is 4. The first-order valence-electron chi connectivity index (χ1n) is 9.63. The molecule has 2 aromatic rings. The van der Waals surface area contributed by atoms with E-state index < -0.39 is 0 Å². The maximum Gasteiger partial charge on any atom is 0.253 e. The molecule has 142 valence electrons. The smallest absolute Gasteiger partial charge is 0.253 e. The maximum absolute atomic E-state index is 12.7. The van der Waals surface area contributed by atoms with Crippen LogP contribution in [0.5, 0.6) is 5.75 Å². The van der Waals surface area contributed by atoms with Gasteiger partial charge in [-0.05, 0) is 49.2 Å². The molecule has 4 rings (SSSR count). The average molecular weight is 366 g/mol. The second kappa shape index (κ2) is 8.11. The summed E-state index contributed by atoms with van der Waals surface area (Å²) in [5.41, 5.74) is 1.90. The Morgan fingerprint density at radius 2 is 1.89 bits per heavy atom. The molecule has 2 aromatic carbocycles. The molecule has 2 saturated heterocycles. The van der Waals surface area contributed by atoms with E-state index in [0.29, 0.717) is 12.2 Å². The van der Waals surface area contributed by atoms with Crippen LogP contribution >= 0.6 is 0 Å². The first kappa shape index (κ1) is 18.0. The molecule has 0 aliphatic carbocycles. The minimum atomic E-state index is -0.278. The normalized spacial score (nSPS) is 25.4. The van der Waals surface area contributed by atoms with Gasteiger partial charge < -0.3 is 14.8 Å². The van der Waals surface area contributed by atoms with Gasteiger partial charge in [-0.2, -0.15) is 0 Å². The van der Waals surface area contributed by atoms with Crippen molar-refractivity contribution in [1.29, 1.82) is 0 Å². The standard InChI is InChI=1S/C22H26N2O3/c1-26-18-12-10-17(11-13-18)21(25)23-22-19-9-5-6-14-24(19)20(15-27-22)16-7-3-2-4-8-16/h2-4,7-8,10-13,19-20,22H,5-6,9,14-15H2,1H3,(H,23,25). The number of rotatable bonds is 4. The molecule has 0 spiro atoms. The van der Waals surface area contributed by atoms with E-state index in [-0.39, 0.29) is 24.2 Å². The highest BCUT2D eigenvalue weighted by atomic mass is 16.5. The third kappa shape index (κ3) is 3.84. The van der Waals surface area contributed by atoms with Crippen LogP contribution < -0.4 is 10.1 Å². The molecule has 27 heavy (non-hydrogen) atoms. The van der Waals surface area contributed by atoms with Crippen molar-refractivity contribution >= 4 is 5.91 Å². The molecule has 3 atom stereocenters. The number of morpholine rings is 1. The molecule has 5 heteroatoms. The van der Waals surface area contributed by atoms with Gasteiger partial charge in [0.05, 0.1) is 25.8 Å². The van der Waals surface area contributed by atoms with Gasteiger partial charge in [-0.3, -0.25) is 9.69 Å². The highest BCUT2D eigenvalue weighted by molar-refractivity contribution is 5.94. The van der Waals surface area contributed by atoms with Crippen molar-refractivity contribution in [1.82, 2.24) is 10.2 Å². The number of benzene rings is 2. The molecule has 5 nitrogen and oxygen atoms in total. The van der Waals surface area contributed by atoms with Crippen LogP contribution in [0.1, 0.15) is 41.2 Å². The summed E-state index contributed by atoms with van der Waals surface area (Å²) in [5, 5.41) is 3.10. The lowest BCUT2D eigenvalue weighted by molar-refractivity contribution is -0.125. The zero-order valence-electron chi connectivity index (χ0n) is 15.6. The van der Waals surface area contributed by atoms with Gasteiger partial charge in [0.25, 0.3) is 5.91 Å². The fourth-order valence-electron chi connectivity index (χ4n) is 4.15. The van der Waals surface area contributed by atoms with Gasteiger partial charge in [0.2, 0.25) is 0 Å². The molecule has 2 heterocycles. The summed E-state index contributed by atoms with van der Waals surface area (Å²) in [6.45, 7) is 1.64. The average Bonchev–Trinajstić information content (AvgIpc) is 2.74. The molecule has 2 aliphatic heterocycles. The zero-order valence-corrected chi connectivity index (χ0v) is 15.6. The van der Waals surface area contributed by atoms with Gasteiger partial charge >= 0.3 is 0 Å². The van der Waals surface area contributed by atoms with E-state index >= 15 is 0 Å². The van der Waals surface area contributed by atoms with Crippen LogP contribution in [0.4, 0.5) is 0 Å². The first-order valence-corrected chi connectivity index (χ1v) is 9.63. The van der Waals surface area contributed by atoms with Crippen molar-refractivity contribution in [3.05, 3.63) is 65.7 Å². The summed E-state index contributed by atoms with van der Waals surface area (Å²) in [7, 11) is 1.62. The van der Waals surface area contributed by atoms with Crippen molar-refractivity contribution in [2.75, 3.05) is 20.3 Å². The Morgan fingerprint density at radius 3 is 2.63 bits per heavy atom. The number of carbonyl (C=O) groups excluding carboxylic acids is 1.